The van der Waals surface area contributed by atoms with E-state index in [4.69, 9.17) is 0 Å². The monoisotopic (exact) mass is 227 g/mol. The molecule has 0 fully saturated rings. The van der Waals surface area contributed by atoms with Gasteiger partial charge in [0, 0.05) is 19.0 Å². The molecule has 3 nitrogen and oxygen atoms in total. The summed E-state index contributed by atoms with van der Waals surface area (Å²) in [5.74, 6) is 2.27. The van der Waals surface area contributed by atoms with E-state index < -0.39 is 0 Å². The highest BCUT2D eigenvalue weighted by Crippen LogP contribution is 2.16. The van der Waals surface area contributed by atoms with Crippen LogP contribution in [0.2, 0.25) is 0 Å². The zero-order chi connectivity index (χ0) is 11.1. The molecule has 15 heavy (non-hydrogen) atoms. The van der Waals surface area contributed by atoms with Gasteiger partial charge in [-0.2, -0.15) is 16.9 Å². The van der Waals surface area contributed by atoms with Crippen LogP contribution in [0, 0.1) is 0 Å². The summed E-state index contributed by atoms with van der Waals surface area (Å²) in [6.07, 6.45) is 3.17. The number of aryl methyl sites for hydroxylation is 1. The second-order valence-corrected chi connectivity index (χ2v) is 4.90. The third-order valence-electron chi connectivity index (χ3n) is 2.22. The Hall–Kier alpha value is -0.480. The molecule has 0 bridgehead atoms. The van der Waals surface area contributed by atoms with Crippen LogP contribution < -0.4 is 5.32 Å². The molecule has 1 rings (SSSR count). The number of hydrogen-bond donors (Lipinski definition) is 1. The topological polar surface area (TPSA) is 29.9 Å². The Morgan fingerprint density at radius 1 is 1.53 bits per heavy atom. The van der Waals surface area contributed by atoms with Crippen LogP contribution in [0.3, 0.4) is 0 Å². The molecular formula is C11H21N3S. The van der Waals surface area contributed by atoms with Crippen molar-refractivity contribution in [3.05, 3.63) is 18.0 Å². The normalized spacial score (nSPS) is 13.0. The zero-order valence-corrected chi connectivity index (χ0v) is 10.7. The van der Waals surface area contributed by atoms with Crippen molar-refractivity contribution in [2.45, 2.75) is 26.3 Å². The predicted octanol–water partition coefficient (Wildman–Crippen LogP) is 2.21. The van der Waals surface area contributed by atoms with E-state index in [1.54, 1.807) is 0 Å². The minimum absolute atomic E-state index is 0.399. The van der Waals surface area contributed by atoms with Gasteiger partial charge in [0.1, 0.15) is 0 Å². The first-order valence-corrected chi connectivity index (χ1v) is 6.74. The number of thioether (sulfide) groups is 1. The van der Waals surface area contributed by atoms with Gasteiger partial charge in [-0.05, 0) is 24.8 Å². The van der Waals surface area contributed by atoms with Gasteiger partial charge in [0.05, 0.1) is 11.7 Å². The maximum absolute atomic E-state index is 4.46. The van der Waals surface area contributed by atoms with E-state index in [9.17, 15) is 0 Å². The van der Waals surface area contributed by atoms with Crippen LogP contribution in [0.4, 0.5) is 0 Å². The maximum Gasteiger partial charge on any atom is 0.0802 e. The zero-order valence-electron chi connectivity index (χ0n) is 9.86. The highest BCUT2D eigenvalue weighted by Gasteiger charge is 2.12. The van der Waals surface area contributed by atoms with Gasteiger partial charge in [-0.3, -0.25) is 4.68 Å². The van der Waals surface area contributed by atoms with Crippen molar-refractivity contribution < 1.29 is 0 Å². The van der Waals surface area contributed by atoms with Gasteiger partial charge in [-0.15, -0.1) is 0 Å². The Bertz CT molecular complexity index is 265. The van der Waals surface area contributed by atoms with Crippen LogP contribution in [0.5, 0.6) is 0 Å². The smallest absolute Gasteiger partial charge is 0.0802 e. The van der Waals surface area contributed by atoms with E-state index in [2.05, 4.69) is 30.3 Å². The predicted molar refractivity (Wildman–Crippen MR) is 67.2 cm³/mol. The average Bonchev–Trinajstić information content (AvgIpc) is 2.65. The van der Waals surface area contributed by atoms with Crippen molar-refractivity contribution in [1.82, 2.24) is 15.1 Å². The minimum Gasteiger partial charge on any atom is -0.308 e. The average molecular weight is 227 g/mol. The third-order valence-corrected chi connectivity index (χ3v) is 3.20. The fourth-order valence-electron chi connectivity index (χ4n) is 1.42. The molecule has 1 unspecified atom stereocenters. The van der Waals surface area contributed by atoms with Crippen molar-refractivity contribution in [3.8, 4) is 0 Å². The summed E-state index contributed by atoms with van der Waals surface area (Å²) in [5.41, 5.74) is 1.16. The molecule has 0 saturated carbocycles. The molecule has 1 N–H and O–H groups in total. The van der Waals surface area contributed by atoms with Crippen LogP contribution in [0.15, 0.2) is 12.3 Å². The number of aromatic nitrogens is 2. The molecule has 1 aromatic heterocycles. The van der Waals surface area contributed by atoms with Gasteiger partial charge in [0.2, 0.25) is 0 Å². The molecule has 1 atom stereocenters. The van der Waals surface area contributed by atoms with Crippen LogP contribution in [0.1, 0.15) is 32.0 Å². The number of nitrogens with zero attached hydrogens (tertiary/aromatic N) is 2. The highest BCUT2D eigenvalue weighted by atomic mass is 32.2. The molecule has 86 valence electrons. The standard InChI is InChI=1S/C11H21N3S/c1-4-7-12-11(9-15-5-2)10-6-8-14(3)13-10/h6,8,11-12H,4-5,7,9H2,1-3H3. The third kappa shape index (κ3) is 4.26. The lowest BCUT2D eigenvalue weighted by atomic mass is 10.2. The minimum atomic E-state index is 0.399. The number of hydrogen-bond acceptors (Lipinski definition) is 3. The van der Waals surface area contributed by atoms with E-state index in [1.807, 2.05) is 29.7 Å². The summed E-state index contributed by atoms with van der Waals surface area (Å²) < 4.78 is 1.87. The van der Waals surface area contributed by atoms with E-state index >= 15 is 0 Å². The number of nitrogens with one attached hydrogen (secondary N) is 1. The lowest BCUT2D eigenvalue weighted by Gasteiger charge is -2.15. The van der Waals surface area contributed by atoms with Crippen molar-refractivity contribution in [3.63, 3.8) is 0 Å². The van der Waals surface area contributed by atoms with E-state index in [0.29, 0.717) is 6.04 Å². The first-order valence-electron chi connectivity index (χ1n) is 5.58. The van der Waals surface area contributed by atoms with E-state index in [-0.39, 0.29) is 0 Å². The lowest BCUT2D eigenvalue weighted by molar-refractivity contribution is 0.555. The summed E-state index contributed by atoms with van der Waals surface area (Å²) in [5, 5.41) is 7.99. The molecule has 1 heterocycles. The Labute approximate surface area is 96.6 Å². The summed E-state index contributed by atoms with van der Waals surface area (Å²) in [4.78, 5) is 0. The molecule has 0 aliphatic carbocycles. The first-order chi connectivity index (χ1) is 7.27. The van der Waals surface area contributed by atoms with Crippen LogP contribution >= 0.6 is 11.8 Å². The van der Waals surface area contributed by atoms with Gasteiger partial charge >= 0.3 is 0 Å². The van der Waals surface area contributed by atoms with Crippen LogP contribution in [-0.4, -0.2) is 27.8 Å². The fraction of sp³-hybridized carbons (Fsp3) is 0.727. The summed E-state index contributed by atoms with van der Waals surface area (Å²) in [6.45, 7) is 5.45. The second-order valence-electron chi connectivity index (χ2n) is 3.58. The fourth-order valence-corrected chi connectivity index (χ4v) is 2.18. The van der Waals surface area contributed by atoms with E-state index in [0.717, 1.165) is 23.7 Å². The Kier molecular flexibility index (Phi) is 5.79. The van der Waals surface area contributed by atoms with Gasteiger partial charge < -0.3 is 5.32 Å². The van der Waals surface area contributed by atoms with Crippen molar-refractivity contribution >= 4 is 11.8 Å². The summed E-state index contributed by atoms with van der Waals surface area (Å²) in [6, 6.07) is 2.50. The van der Waals surface area contributed by atoms with Gasteiger partial charge in [0.25, 0.3) is 0 Å². The Morgan fingerprint density at radius 2 is 2.33 bits per heavy atom. The molecule has 1 aromatic rings. The Balaban J connectivity index is 2.54. The molecule has 0 amide bonds. The van der Waals surface area contributed by atoms with E-state index in [1.165, 1.54) is 6.42 Å². The van der Waals surface area contributed by atoms with Crippen molar-refractivity contribution in [1.29, 1.82) is 0 Å². The SMILES string of the molecule is CCCNC(CSCC)c1ccn(C)n1. The molecule has 0 spiro atoms. The van der Waals surface area contributed by atoms with Crippen molar-refractivity contribution in [2.24, 2.45) is 7.05 Å². The second kappa shape index (κ2) is 6.90. The van der Waals surface area contributed by atoms with Crippen molar-refractivity contribution in [2.75, 3.05) is 18.1 Å². The molecule has 0 radical (unpaired) electrons. The van der Waals surface area contributed by atoms with Crippen LogP contribution in [0.25, 0.3) is 0 Å². The lowest BCUT2D eigenvalue weighted by Crippen LogP contribution is -2.24. The number of rotatable bonds is 7. The summed E-state index contributed by atoms with van der Waals surface area (Å²) in [7, 11) is 1.97. The molecule has 0 aromatic carbocycles. The highest BCUT2D eigenvalue weighted by molar-refractivity contribution is 7.99. The quantitative estimate of drug-likeness (QED) is 0.774. The molecule has 0 saturated heterocycles. The van der Waals surface area contributed by atoms with Gasteiger partial charge in [-0.25, -0.2) is 0 Å². The first kappa shape index (κ1) is 12.6. The Morgan fingerprint density at radius 3 is 2.87 bits per heavy atom. The summed E-state index contributed by atoms with van der Waals surface area (Å²) >= 11 is 1.96. The van der Waals surface area contributed by atoms with Gasteiger partial charge in [-0.1, -0.05) is 13.8 Å². The molecule has 0 aliphatic rings. The maximum atomic E-state index is 4.46. The molecular weight excluding hydrogens is 206 g/mol. The van der Waals surface area contributed by atoms with Crippen LogP contribution in [-0.2, 0) is 7.05 Å². The molecule has 4 heteroatoms. The molecule has 0 aliphatic heterocycles. The van der Waals surface area contributed by atoms with Gasteiger partial charge in [0.15, 0.2) is 0 Å². The largest absolute Gasteiger partial charge is 0.308 e.